The molecule has 0 amide bonds. The summed E-state index contributed by atoms with van der Waals surface area (Å²) in [6.45, 7) is 0.561. The Morgan fingerprint density at radius 3 is 2.94 bits per heavy atom. The molecule has 0 unspecified atom stereocenters. The average molecular weight is 253 g/mol. The van der Waals surface area contributed by atoms with Gasteiger partial charge in [0.15, 0.2) is 0 Å². The van der Waals surface area contributed by atoms with Crippen LogP contribution in [0, 0.1) is 0 Å². The largest absolute Gasteiger partial charge is 0.326 e. The van der Waals surface area contributed by atoms with Crippen LogP contribution in [0.3, 0.4) is 0 Å². The summed E-state index contributed by atoms with van der Waals surface area (Å²) in [7, 11) is 0. The second-order valence-corrected chi connectivity index (χ2v) is 5.40. The summed E-state index contributed by atoms with van der Waals surface area (Å²) in [6, 6.07) is 12.5. The summed E-state index contributed by atoms with van der Waals surface area (Å²) in [5, 5.41) is 8.78. The van der Waals surface area contributed by atoms with Gasteiger partial charge in [-0.05, 0) is 17.7 Å². The summed E-state index contributed by atoms with van der Waals surface area (Å²) >= 11 is 1.79. The molecule has 3 nitrogen and oxygen atoms in total. The Kier molecular flexibility index (Phi) is 2.04. The zero-order valence-corrected chi connectivity index (χ0v) is 10.4. The van der Waals surface area contributed by atoms with Crippen molar-refractivity contribution in [2.45, 2.75) is 16.3 Å². The SMILES string of the molecule is NCc1ccc2[nH]nc3c2c1Sc1ccccc1-3. The van der Waals surface area contributed by atoms with E-state index in [0.717, 1.165) is 11.2 Å². The molecule has 0 saturated heterocycles. The van der Waals surface area contributed by atoms with Crippen LogP contribution in [0.2, 0.25) is 0 Å². The normalized spacial score (nSPS) is 12.7. The van der Waals surface area contributed by atoms with Crippen molar-refractivity contribution in [1.82, 2.24) is 10.2 Å². The van der Waals surface area contributed by atoms with Crippen LogP contribution in [0.15, 0.2) is 46.2 Å². The minimum absolute atomic E-state index is 0.561. The third-order valence-electron chi connectivity index (χ3n) is 3.34. The number of nitrogens with one attached hydrogen (secondary N) is 1. The minimum Gasteiger partial charge on any atom is -0.326 e. The van der Waals surface area contributed by atoms with Gasteiger partial charge < -0.3 is 5.73 Å². The number of nitrogens with two attached hydrogens (primary N) is 1. The van der Waals surface area contributed by atoms with Gasteiger partial charge in [-0.1, -0.05) is 36.0 Å². The molecule has 1 aliphatic heterocycles. The first kappa shape index (κ1) is 10.2. The molecule has 1 aromatic heterocycles. The van der Waals surface area contributed by atoms with E-state index in [0.29, 0.717) is 6.54 Å². The highest BCUT2D eigenvalue weighted by molar-refractivity contribution is 7.99. The van der Waals surface area contributed by atoms with E-state index in [-0.39, 0.29) is 0 Å². The van der Waals surface area contributed by atoms with Gasteiger partial charge in [0, 0.05) is 27.3 Å². The van der Waals surface area contributed by atoms with Crippen molar-refractivity contribution in [3.05, 3.63) is 42.0 Å². The van der Waals surface area contributed by atoms with Crippen molar-refractivity contribution in [1.29, 1.82) is 0 Å². The molecular formula is C14H11N3S. The van der Waals surface area contributed by atoms with E-state index in [2.05, 4.69) is 46.6 Å². The minimum atomic E-state index is 0.561. The molecular weight excluding hydrogens is 242 g/mol. The molecule has 0 saturated carbocycles. The Bertz CT molecular complexity index is 761. The Hall–Kier alpha value is -1.78. The maximum absolute atomic E-state index is 5.84. The van der Waals surface area contributed by atoms with Crippen molar-refractivity contribution in [3.63, 3.8) is 0 Å². The molecule has 0 spiro atoms. The molecule has 1 aliphatic rings. The zero-order chi connectivity index (χ0) is 12.1. The summed E-state index contributed by atoms with van der Waals surface area (Å²) < 4.78 is 0. The highest BCUT2D eigenvalue weighted by Gasteiger charge is 2.23. The maximum Gasteiger partial charge on any atom is 0.102 e. The van der Waals surface area contributed by atoms with E-state index in [1.54, 1.807) is 11.8 Å². The first-order chi connectivity index (χ1) is 8.88. The lowest BCUT2D eigenvalue weighted by Gasteiger charge is -2.17. The molecule has 4 rings (SSSR count). The van der Waals surface area contributed by atoms with Crippen LogP contribution < -0.4 is 5.73 Å². The van der Waals surface area contributed by atoms with Crippen molar-refractivity contribution in [2.75, 3.05) is 0 Å². The van der Waals surface area contributed by atoms with Crippen molar-refractivity contribution in [2.24, 2.45) is 5.73 Å². The number of aromatic nitrogens is 2. The van der Waals surface area contributed by atoms with Crippen molar-refractivity contribution < 1.29 is 0 Å². The van der Waals surface area contributed by atoms with Gasteiger partial charge in [-0.3, -0.25) is 5.10 Å². The van der Waals surface area contributed by atoms with E-state index >= 15 is 0 Å². The summed E-state index contributed by atoms with van der Waals surface area (Å²) in [5.74, 6) is 0. The molecule has 0 radical (unpaired) electrons. The molecule has 0 fully saturated rings. The molecule has 2 heterocycles. The maximum atomic E-state index is 5.84. The van der Waals surface area contributed by atoms with E-state index in [9.17, 15) is 0 Å². The lowest BCUT2D eigenvalue weighted by molar-refractivity contribution is 1.04. The third-order valence-corrected chi connectivity index (χ3v) is 4.58. The third kappa shape index (κ3) is 1.22. The highest BCUT2D eigenvalue weighted by Crippen LogP contribution is 2.47. The van der Waals surface area contributed by atoms with Crippen LogP contribution in [-0.4, -0.2) is 10.2 Å². The van der Waals surface area contributed by atoms with Gasteiger partial charge in [-0.25, -0.2) is 0 Å². The fourth-order valence-electron chi connectivity index (χ4n) is 2.46. The number of rotatable bonds is 1. The molecule has 2 aromatic carbocycles. The van der Waals surface area contributed by atoms with Gasteiger partial charge in [0.2, 0.25) is 0 Å². The van der Waals surface area contributed by atoms with Crippen LogP contribution >= 0.6 is 11.8 Å². The fraction of sp³-hybridized carbons (Fsp3) is 0.0714. The van der Waals surface area contributed by atoms with Gasteiger partial charge in [0.05, 0.1) is 5.52 Å². The van der Waals surface area contributed by atoms with Gasteiger partial charge >= 0.3 is 0 Å². The van der Waals surface area contributed by atoms with Crippen LogP contribution in [0.25, 0.3) is 22.2 Å². The van der Waals surface area contributed by atoms with Crippen LogP contribution in [0.1, 0.15) is 5.56 Å². The Morgan fingerprint density at radius 1 is 1.17 bits per heavy atom. The van der Waals surface area contributed by atoms with Gasteiger partial charge in [-0.2, -0.15) is 5.10 Å². The summed E-state index contributed by atoms with van der Waals surface area (Å²) in [5.41, 5.74) is 10.4. The Morgan fingerprint density at radius 2 is 2.06 bits per heavy atom. The quantitative estimate of drug-likeness (QED) is 0.548. The highest BCUT2D eigenvalue weighted by atomic mass is 32.2. The predicted octanol–water partition coefficient (Wildman–Crippen LogP) is 3.15. The van der Waals surface area contributed by atoms with Gasteiger partial charge in [0.1, 0.15) is 5.69 Å². The van der Waals surface area contributed by atoms with Crippen LogP contribution in [0.5, 0.6) is 0 Å². The monoisotopic (exact) mass is 253 g/mol. The van der Waals surface area contributed by atoms with Crippen LogP contribution in [-0.2, 0) is 6.54 Å². The summed E-state index contributed by atoms with van der Waals surface area (Å²) in [6.07, 6.45) is 0. The molecule has 88 valence electrons. The lowest BCUT2D eigenvalue weighted by Crippen LogP contribution is -2.00. The average Bonchev–Trinajstić information content (AvgIpc) is 2.85. The molecule has 0 atom stereocenters. The Balaban J connectivity index is 2.16. The van der Waals surface area contributed by atoms with E-state index in [1.165, 1.54) is 26.3 Å². The van der Waals surface area contributed by atoms with E-state index < -0.39 is 0 Å². The van der Waals surface area contributed by atoms with E-state index in [4.69, 9.17) is 5.73 Å². The molecule has 0 bridgehead atoms. The standard InChI is InChI=1S/C14H11N3S/c15-7-8-5-6-10-12-13(17-16-10)9-3-1-2-4-11(9)18-14(8)12/h1-6H,7,15H2,(H,16,17). The fourth-order valence-corrected chi connectivity index (χ4v) is 3.69. The zero-order valence-electron chi connectivity index (χ0n) is 9.60. The predicted molar refractivity (Wildman–Crippen MR) is 73.5 cm³/mol. The van der Waals surface area contributed by atoms with Crippen LogP contribution in [0.4, 0.5) is 0 Å². The number of hydrogen-bond acceptors (Lipinski definition) is 3. The van der Waals surface area contributed by atoms with Gasteiger partial charge in [0.25, 0.3) is 0 Å². The lowest BCUT2D eigenvalue weighted by atomic mass is 10.0. The first-order valence-corrected chi connectivity index (χ1v) is 6.67. The molecule has 0 aliphatic carbocycles. The number of aromatic amines is 1. The molecule has 3 aromatic rings. The van der Waals surface area contributed by atoms with Crippen molar-refractivity contribution in [3.8, 4) is 11.3 Å². The van der Waals surface area contributed by atoms with Gasteiger partial charge in [-0.15, -0.1) is 0 Å². The smallest absolute Gasteiger partial charge is 0.102 e. The molecule has 18 heavy (non-hydrogen) atoms. The first-order valence-electron chi connectivity index (χ1n) is 5.86. The Labute approximate surface area is 108 Å². The number of hydrogen-bond donors (Lipinski definition) is 2. The second kappa shape index (κ2) is 3.60. The number of fused-ring (bicyclic) bond motifs is 2. The van der Waals surface area contributed by atoms with Crippen molar-refractivity contribution >= 4 is 22.7 Å². The number of nitrogens with zero attached hydrogens (tertiary/aromatic N) is 1. The molecule has 4 heteroatoms. The number of benzene rings is 2. The topological polar surface area (TPSA) is 54.7 Å². The second-order valence-electron chi connectivity index (χ2n) is 4.35. The van der Waals surface area contributed by atoms with E-state index in [1.807, 2.05) is 0 Å². The number of H-pyrrole nitrogens is 1. The molecule has 3 N–H and O–H groups in total. The summed E-state index contributed by atoms with van der Waals surface area (Å²) in [4.78, 5) is 2.50.